The Morgan fingerprint density at radius 1 is 1.19 bits per heavy atom. The van der Waals surface area contributed by atoms with E-state index in [1.165, 1.54) is 0 Å². The zero-order valence-electron chi connectivity index (χ0n) is 19.4. The van der Waals surface area contributed by atoms with Gasteiger partial charge in [0.2, 0.25) is 0 Å². The van der Waals surface area contributed by atoms with Crippen molar-refractivity contribution in [3.63, 3.8) is 0 Å². The van der Waals surface area contributed by atoms with Gasteiger partial charge in [-0.3, -0.25) is 0 Å². The second-order valence-corrected chi connectivity index (χ2v) is 8.61. The first-order valence-electron chi connectivity index (χ1n) is 10.9. The molecule has 1 saturated heterocycles. The monoisotopic (exact) mass is 575 g/mol. The van der Waals surface area contributed by atoms with Crippen molar-refractivity contribution < 1.29 is 4.39 Å². The van der Waals surface area contributed by atoms with Gasteiger partial charge in [-0.2, -0.15) is 0 Å². The summed E-state index contributed by atoms with van der Waals surface area (Å²) < 4.78 is 14.8. The van der Waals surface area contributed by atoms with E-state index >= 15 is 0 Å². The number of aromatic nitrogens is 1. The Bertz CT molecular complexity index is 866. The normalized spacial score (nSPS) is 14.8. The molecule has 1 aromatic heterocycles. The van der Waals surface area contributed by atoms with Crippen LogP contribution in [0, 0.1) is 5.82 Å². The standard InChI is InChI=1S/C22H34FN7S.HI/c1-5-24-21(26-15-18-16-31-22(27-18)28(3)4)25-14-17-7-8-20(19(23)13-17)30-11-9-29(6-2)10-12-30;/h7-8,13,16H,5-6,9-12,14-15H2,1-4H3,(H2,24,25,26);1H. The van der Waals surface area contributed by atoms with Gasteiger partial charge in [0.25, 0.3) is 0 Å². The van der Waals surface area contributed by atoms with Gasteiger partial charge in [0.1, 0.15) is 5.82 Å². The van der Waals surface area contributed by atoms with Gasteiger partial charge in [-0.15, -0.1) is 35.3 Å². The van der Waals surface area contributed by atoms with Gasteiger partial charge in [-0.1, -0.05) is 13.0 Å². The summed E-state index contributed by atoms with van der Waals surface area (Å²) in [6, 6.07) is 5.47. The van der Waals surface area contributed by atoms with E-state index in [9.17, 15) is 4.39 Å². The minimum atomic E-state index is -0.172. The molecule has 0 saturated carbocycles. The van der Waals surface area contributed by atoms with E-state index in [1.807, 2.05) is 43.4 Å². The van der Waals surface area contributed by atoms with E-state index < -0.39 is 0 Å². The van der Waals surface area contributed by atoms with E-state index in [-0.39, 0.29) is 29.8 Å². The van der Waals surface area contributed by atoms with Crippen molar-refractivity contribution in [2.45, 2.75) is 26.9 Å². The molecule has 178 valence electrons. The van der Waals surface area contributed by atoms with Crippen molar-refractivity contribution in [3.05, 3.63) is 40.7 Å². The summed E-state index contributed by atoms with van der Waals surface area (Å²) in [5, 5.41) is 9.56. The van der Waals surface area contributed by atoms with Crippen LogP contribution in [0.25, 0.3) is 0 Å². The largest absolute Gasteiger partial charge is 0.367 e. The van der Waals surface area contributed by atoms with Gasteiger partial charge in [-0.25, -0.2) is 14.4 Å². The van der Waals surface area contributed by atoms with Crippen LogP contribution < -0.4 is 20.4 Å². The lowest BCUT2D eigenvalue weighted by Crippen LogP contribution is -2.46. The number of halogens is 2. The quantitative estimate of drug-likeness (QED) is 0.286. The minimum absolute atomic E-state index is 0. The number of hydrogen-bond acceptors (Lipinski definition) is 6. The molecule has 2 N–H and O–H groups in total. The van der Waals surface area contributed by atoms with Crippen LogP contribution in [0.3, 0.4) is 0 Å². The van der Waals surface area contributed by atoms with Crippen molar-refractivity contribution in [3.8, 4) is 0 Å². The van der Waals surface area contributed by atoms with Crippen molar-refractivity contribution in [1.82, 2.24) is 20.5 Å². The molecule has 0 unspecified atom stereocenters. The Labute approximate surface area is 212 Å². The molecule has 1 aromatic carbocycles. The predicted octanol–water partition coefficient (Wildman–Crippen LogP) is 3.36. The zero-order chi connectivity index (χ0) is 22.2. The van der Waals surface area contributed by atoms with E-state index in [1.54, 1.807) is 17.4 Å². The van der Waals surface area contributed by atoms with Gasteiger partial charge in [0.15, 0.2) is 11.1 Å². The Balaban J connectivity index is 0.00000363. The predicted molar refractivity (Wildman–Crippen MR) is 144 cm³/mol. The molecule has 0 aliphatic carbocycles. The molecule has 0 radical (unpaired) electrons. The fourth-order valence-electron chi connectivity index (χ4n) is 3.48. The molecule has 7 nitrogen and oxygen atoms in total. The molecule has 2 aromatic rings. The lowest BCUT2D eigenvalue weighted by molar-refractivity contribution is 0.270. The van der Waals surface area contributed by atoms with Gasteiger partial charge in [0.05, 0.1) is 24.5 Å². The van der Waals surface area contributed by atoms with E-state index in [0.717, 1.165) is 55.7 Å². The van der Waals surface area contributed by atoms with Gasteiger partial charge in [0, 0.05) is 52.2 Å². The first-order chi connectivity index (χ1) is 15.0. The third-order valence-corrected chi connectivity index (χ3v) is 6.35. The van der Waals surface area contributed by atoms with Crippen molar-refractivity contribution >= 4 is 52.1 Å². The van der Waals surface area contributed by atoms with Crippen molar-refractivity contribution in [2.75, 3.05) is 63.2 Å². The zero-order valence-corrected chi connectivity index (χ0v) is 22.5. The van der Waals surface area contributed by atoms with Crippen molar-refractivity contribution in [1.29, 1.82) is 0 Å². The average molecular weight is 576 g/mol. The van der Waals surface area contributed by atoms with E-state index in [0.29, 0.717) is 24.7 Å². The molecule has 1 aliphatic heterocycles. The lowest BCUT2D eigenvalue weighted by Gasteiger charge is -2.35. The highest BCUT2D eigenvalue weighted by Gasteiger charge is 2.18. The average Bonchev–Trinajstić information content (AvgIpc) is 3.25. The molecule has 1 aliphatic rings. The number of nitrogens with zero attached hydrogens (tertiary/aromatic N) is 5. The third kappa shape index (κ3) is 7.45. The maximum Gasteiger partial charge on any atom is 0.191 e. The van der Waals surface area contributed by atoms with Crippen LogP contribution in [0.1, 0.15) is 25.1 Å². The summed E-state index contributed by atoms with van der Waals surface area (Å²) in [6.07, 6.45) is 0. The fourth-order valence-corrected chi connectivity index (χ4v) is 4.24. The second kappa shape index (κ2) is 13.1. The summed E-state index contributed by atoms with van der Waals surface area (Å²) in [5.74, 6) is 0.524. The van der Waals surface area contributed by atoms with Crippen LogP contribution in [0.5, 0.6) is 0 Å². The Hall–Kier alpha value is -1.66. The van der Waals surface area contributed by atoms with E-state index in [2.05, 4.69) is 37.3 Å². The molecule has 32 heavy (non-hydrogen) atoms. The smallest absolute Gasteiger partial charge is 0.191 e. The highest BCUT2D eigenvalue weighted by molar-refractivity contribution is 14.0. The summed E-state index contributed by atoms with van der Waals surface area (Å²) >= 11 is 1.62. The molecule has 0 spiro atoms. The van der Waals surface area contributed by atoms with Crippen LogP contribution in [0.2, 0.25) is 0 Å². The number of piperazine rings is 1. The number of thiazole rings is 1. The molecule has 0 atom stereocenters. The molecule has 2 heterocycles. The van der Waals surface area contributed by atoms with E-state index in [4.69, 9.17) is 0 Å². The minimum Gasteiger partial charge on any atom is -0.367 e. The maximum absolute atomic E-state index is 14.8. The Kier molecular flexibility index (Phi) is 10.9. The van der Waals surface area contributed by atoms with Crippen LogP contribution >= 0.6 is 35.3 Å². The fraction of sp³-hybridized carbons (Fsp3) is 0.545. The first-order valence-corrected chi connectivity index (χ1v) is 11.8. The second-order valence-electron chi connectivity index (χ2n) is 7.77. The van der Waals surface area contributed by atoms with Gasteiger partial charge in [-0.05, 0) is 31.2 Å². The summed E-state index contributed by atoms with van der Waals surface area (Å²) in [5.41, 5.74) is 2.51. The molecular weight excluding hydrogens is 540 g/mol. The van der Waals surface area contributed by atoms with Gasteiger partial charge >= 0.3 is 0 Å². The first kappa shape index (κ1) is 26.6. The number of hydrogen-bond donors (Lipinski definition) is 2. The molecule has 0 bridgehead atoms. The van der Waals surface area contributed by atoms with Gasteiger partial charge < -0.3 is 25.3 Å². The number of nitrogens with one attached hydrogen (secondary N) is 2. The summed E-state index contributed by atoms with van der Waals surface area (Å²) in [6.45, 7) is 10.7. The molecule has 0 amide bonds. The molecule has 10 heteroatoms. The highest BCUT2D eigenvalue weighted by Crippen LogP contribution is 2.22. The number of guanidine groups is 1. The number of likely N-dealkylation sites (N-methyl/N-ethyl adjacent to an activating group) is 1. The number of aliphatic imine (C=N–C) groups is 1. The maximum atomic E-state index is 14.8. The Morgan fingerprint density at radius 2 is 1.94 bits per heavy atom. The number of benzene rings is 1. The van der Waals surface area contributed by atoms with Crippen LogP contribution in [0.4, 0.5) is 15.2 Å². The van der Waals surface area contributed by atoms with Crippen LogP contribution in [0.15, 0.2) is 28.6 Å². The molecule has 3 rings (SSSR count). The van der Waals surface area contributed by atoms with Crippen LogP contribution in [-0.4, -0.2) is 69.2 Å². The van der Waals surface area contributed by atoms with Crippen molar-refractivity contribution in [2.24, 2.45) is 4.99 Å². The van der Waals surface area contributed by atoms with Crippen LogP contribution in [-0.2, 0) is 13.1 Å². The molecular formula is C22H35FIN7S. The third-order valence-electron chi connectivity index (χ3n) is 5.30. The number of anilines is 2. The SMILES string of the molecule is CCNC(=NCc1ccc(N2CCN(CC)CC2)c(F)c1)NCc1csc(N(C)C)n1.I. The molecule has 1 fully saturated rings. The summed E-state index contributed by atoms with van der Waals surface area (Å²) in [4.78, 5) is 15.7. The highest BCUT2D eigenvalue weighted by atomic mass is 127. The Morgan fingerprint density at radius 3 is 2.53 bits per heavy atom. The topological polar surface area (TPSA) is 59.0 Å². The summed E-state index contributed by atoms with van der Waals surface area (Å²) in [7, 11) is 3.97. The number of rotatable bonds is 8. The lowest BCUT2D eigenvalue weighted by atomic mass is 10.1.